The lowest BCUT2D eigenvalue weighted by molar-refractivity contribution is 0.769. The first-order valence-electron chi connectivity index (χ1n) is 5.76. The van der Waals surface area contributed by atoms with Crippen molar-refractivity contribution in [3.05, 3.63) is 58.7 Å². The Morgan fingerprint density at radius 3 is 2.35 bits per heavy atom. The summed E-state index contributed by atoms with van der Waals surface area (Å²) in [6.07, 6.45) is 3.81. The first kappa shape index (κ1) is 10.6. The van der Waals surface area contributed by atoms with E-state index in [1.807, 2.05) is 12.1 Å². The monoisotopic (exact) mass is 244 g/mol. The van der Waals surface area contributed by atoms with E-state index in [0.717, 1.165) is 18.7 Å². The summed E-state index contributed by atoms with van der Waals surface area (Å²) in [6.45, 7) is 0. The molecule has 1 aliphatic carbocycles. The topological polar surface area (TPSA) is 24.9 Å². The van der Waals surface area contributed by atoms with Crippen LogP contribution in [-0.4, -0.2) is 11.0 Å². The predicted octanol–water partition coefficient (Wildman–Crippen LogP) is 3.31. The lowest BCUT2D eigenvalue weighted by Crippen LogP contribution is -2.20. The lowest BCUT2D eigenvalue weighted by Gasteiger charge is -2.12. The maximum atomic E-state index is 5.81. The Bertz CT molecular complexity index is 497. The third kappa shape index (κ3) is 2.27. The van der Waals surface area contributed by atoms with E-state index in [9.17, 15) is 0 Å². The van der Waals surface area contributed by atoms with Gasteiger partial charge < -0.3 is 5.32 Å². The summed E-state index contributed by atoms with van der Waals surface area (Å²) in [6, 6.07) is 12.8. The van der Waals surface area contributed by atoms with Crippen LogP contribution in [0.4, 0.5) is 5.82 Å². The zero-order chi connectivity index (χ0) is 11.7. The van der Waals surface area contributed by atoms with Crippen molar-refractivity contribution in [2.45, 2.75) is 18.9 Å². The molecule has 3 heteroatoms. The molecule has 0 aliphatic heterocycles. The molecule has 0 bridgehead atoms. The van der Waals surface area contributed by atoms with Gasteiger partial charge in [0.2, 0.25) is 0 Å². The van der Waals surface area contributed by atoms with Crippen LogP contribution in [0.1, 0.15) is 11.1 Å². The van der Waals surface area contributed by atoms with E-state index < -0.39 is 0 Å². The van der Waals surface area contributed by atoms with Crippen LogP contribution in [0, 0.1) is 0 Å². The molecule has 0 saturated carbocycles. The molecule has 17 heavy (non-hydrogen) atoms. The zero-order valence-electron chi connectivity index (χ0n) is 9.36. The fourth-order valence-electron chi connectivity index (χ4n) is 2.33. The van der Waals surface area contributed by atoms with Crippen LogP contribution in [-0.2, 0) is 12.8 Å². The average molecular weight is 245 g/mol. The van der Waals surface area contributed by atoms with Crippen molar-refractivity contribution in [3.8, 4) is 0 Å². The van der Waals surface area contributed by atoms with Crippen molar-refractivity contribution in [1.82, 2.24) is 4.98 Å². The van der Waals surface area contributed by atoms with Gasteiger partial charge in [0, 0.05) is 12.2 Å². The second kappa shape index (κ2) is 4.38. The summed E-state index contributed by atoms with van der Waals surface area (Å²) in [5.41, 5.74) is 2.89. The Hall–Kier alpha value is -1.54. The van der Waals surface area contributed by atoms with E-state index in [4.69, 9.17) is 11.6 Å². The van der Waals surface area contributed by atoms with E-state index in [1.54, 1.807) is 6.20 Å². The summed E-state index contributed by atoms with van der Waals surface area (Å²) in [5, 5.41) is 4.12. The lowest BCUT2D eigenvalue weighted by atomic mass is 10.1. The summed E-state index contributed by atoms with van der Waals surface area (Å²) in [5.74, 6) is 0.896. The molecule has 1 N–H and O–H groups in total. The van der Waals surface area contributed by atoms with Gasteiger partial charge in [-0.3, -0.25) is 0 Å². The highest BCUT2D eigenvalue weighted by atomic mass is 35.5. The number of pyridine rings is 1. The van der Waals surface area contributed by atoms with Crippen LogP contribution >= 0.6 is 11.6 Å². The van der Waals surface area contributed by atoms with Crippen LogP contribution in [0.5, 0.6) is 0 Å². The van der Waals surface area contributed by atoms with Gasteiger partial charge in [0.1, 0.15) is 5.82 Å². The molecule has 0 radical (unpaired) electrons. The van der Waals surface area contributed by atoms with Gasteiger partial charge in [0.05, 0.1) is 5.02 Å². The summed E-state index contributed by atoms with van der Waals surface area (Å²) >= 11 is 5.81. The summed E-state index contributed by atoms with van der Waals surface area (Å²) < 4.78 is 0. The first-order chi connectivity index (χ1) is 8.31. The largest absolute Gasteiger partial charge is 0.367 e. The van der Waals surface area contributed by atoms with Crippen molar-refractivity contribution >= 4 is 17.4 Å². The Kier molecular flexibility index (Phi) is 2.73. The minimum atomic E-state index is 0.445. The maximum Gasteiger partial charge on any atom is 0.126 e. The molecule has 0 fully saturated rings. The smallest absolute Gasteiger partial charge is 0.126 e. The van der Waals surface area contributed by atoms with E-state index >= 15 is 0 Å². The van der Waals surface area contributed by atoms with Gasteiger partial charge in [-0.15, -0.1) is 0 Å². The van der Waals surface area contributed by atoms with Gasteiger partial charge in [-0.25, -0.2) is 4.98 Å². The van der Waals surface area contributed by atoms with Gasteiger partial charge in [0.15, 0.2) is 0 Å². The molecule has 3 rings (SSSR count). The van der Waals surface area contributed by atoms with E-state index in [2.05, 4.69) is 34.6 Å². The second-order valence-corrected chi connectivity index (χ2v) is 4.82. The number of hydrogen-bond acceptors (Lipinski definition) is 2. The Morgan fingerprint density at radius 2 is 1.76 bits per heavy atom. The number of rotatable bonds is 2. The zero-order valence-corrected chi connectivity index (χ0v) is 10.1. The molecule has 2 aromatic rings. The Labute approximate surface area is 106 Å². The van der Waals surface area contributed by atoms with Gasteiger partial charge in [0.25, 0.3) is 0 Å². The molecule has 0 spiro atoms. The molecule has 1 aromatic heterocycles. The first-order valence-corrected chi connectivity index (χ1v) is 6.14. The van der Waals surface area contributed by atoms with Crippen molar-refractivity contribution in [1.29, 1.82) is 0 Å². The molecule has 0 unspecified atom stereocenters. The number of halogens is 1. The molecule has 0 saturated heterocycles. The third-order valence-corrected chi connectivity index (χ3v) is 3.35. The number of nitrogens with one attached hydrogen (secondary N) is 1. The fraction of sp³-hybridized carbons (Fsp3) is 0.214. The normalized spacial score (nSPS) is 14.6. The SMILES string of the molecule is Clc1ccc(NC2Cc3ccccc3C2)nc1. The Morgan fingerprint density at radius 1 is 1.06 bits per heavy atom. The molecule has 86 valence electrons. The number of nitrogens with zero attached hydrogens (tertiary/aromatic N) is 1. The van der Waals surface area contributed by atoms with Gasteiger partial charge in [-0.05, 0) is 36.1 Å². The number of benzene rings is 1. The molecule has 1 aliphatic rings. The Balaban J connectivity index is 1.71. The average Bonchev–Trinajstić information content (AvgIpc) is 2.74. The standard InChI is InChI=1S/C14H13ClN2/c15-12-5-6-14(16-9-12)17-13-7-10-3-1-2-4-11(10)8-13/h1-6,9,13H,7-8H2,(H,16,17). The molecular formula is C14H13ClN2. The fourth-order valence-corrected chi connectivity index (χ4v) is 2.44. The summed E-state index contributed by atoms with van der Waals surface area (Å²) in [7, 11) is 0. The van der Waals surface area contributed by atoms with Crippen molar-refractivity contribution < 1.29 is 0 Å². The highest BCUT2D eigenvalue weighted by Crippen LogP contribution is 2.24. The van der Waals surface area contributed by atoms with Gasteiger partial charge in [-0.2, -0.15) is 0 Å². The minimum absolute atomic E-state index is 0.445. The van der Waals surface area contributed by atoms with Gasteiger partial charge in [-0.1, -0.05) is 35.9 Å². The van der Waals surface area contributed by atoms with Gasteiger partial charge >= 0.3 is 0 Å². The highest BCUT2D eigenvalue weighted by Gasteiger charge is 2.20. The van der Waals surface area contributed by atoms with Crippen LogP contribution in [0.25, 0.3) is 0 Å². The number of anilines is 1. The van der Waals surface area contributed by atoms with Crippen LogP contribution < -0.4 is 5.32 Å². The van der Waals surface area contributed by atoms with Crippen molar-refractivity contribution in [2.24, 2.45) is 0 Å². The van der Waals surface area contributed by atoms with Crippen molar-refractivity contribution in [2.75, 3.05) is 5.32 Å². The third-order valence-electron chi connectivity index (χ3n) is 3.13. The quantitative estimate of drug-likeness (QED) is 0.877. The number of fused-ring (bicyclic) bond motifs is 1. The molecule has 1 aromatic carbocycles. The molecule has 1 heterocycles. The van der Waals surface area contributed by atoms with E-state index in [-0.39, 0.29) is 0 Å². The summed E-state index contributed by atoms with van der Waals surface area (Å²) in [4.78, 5) is 4.26. The van der Waals surface area contributed by atoms with Crippen LogP contribution in [0.15, 0.2) is 42.6 Å². The van der Waals surface area contributed by atoms with Crippen molar-refractivity contribution in [3.63, 3.8) is 0 Å². The highest BCUT2D eigenvalue weighted by molar-refractivity contribution is 6.30. The molecular weight excluding hydrogens is 232 g/mol. The second-order valence-electron chi connectivity index (χ2n) is 4.38. The maximum absolute atomic E-state index is 5.81. The van der Waals surface area contributed by atoms with Crippen LogP contribution in [0.3, 0.4) is 0 Å². The van der Waals surface area contributed by atoms with E-state index in [1.165, 1.54) is 11.1 Å². The molecule has 0 atom stereocenters. The van der Waals surface area contributed by atoms with Crippen LogP contribution in [0.2, 0.25) is 5.02 Å². The molecule has 2 nitrogen and oxygen atoms in total. The minimum Gasteiger partial charge on any atom is -0.367 e. The van der Waals surface area contributed by atoms with E-state index in [0.29, 0.717) is 11.1 Å². The number of aromatic nitrogens is 1. The molecule has 0 amide bonds. The number of hydrogen-bond donors (Lipinski definition) is 1. The predicted molar refractivity (Wildman–Crippen MR) is 70.5 cm³/mol.